The average molecular weight is 458 g/mol. The van der Waals surface area contributed by atoms with Crippen molar-refractivity contribution in [2.24, 2.45) is 0 Å². The second kappa shape index (κ2) is 10.2. The number of thioether (sulfide) groups is 1. The van der Waals surface area contributed by atoms with Gasteiger partial charge in [0.2, 0.25) is 11.8 Å². The molecule has 4 aromatic rings. The molecular formula is C26H23N3O3S. The first kappa shape index (κ1) is 22.4. The maximum Gasteiger partial charge on any atom is 0.259 e. The van der Waals surface area contributed by atoms with Crippen molar-refractivity contribution in [3.63, 3.8) is 0 Å². The highest BCUT2D eigenvalue weighted by molar-refractivity contribution is 7.99. The third-order valence-corrected chi connectivity index (χ3v) is 6.10. The summed E-state index contributed by atoms with van der Waals surface area (Å²) in [6, 6.07) is 26.5. The van der Waals surface area contributed by atoms with Gasteiger partial charge in [-0.2, -0.15) is 4.98 Å². The van der Waals surface area contributed by atoms with Gasteiger partial charge in [0.05, 0.1) is 11.3 Å². The van der Waals surface area contributed by atoms with Crippen LogP contribution in [0.5, 0.6) is 5.88 Å². The molecule has 0 atom stereocenters. The van der Waals surface area contributed by atoms with Gasteiger partial charge >= 0.3 is 0 Å². The molecule has 0 bridgehead atoms. The summed E-state index contributed by atoms with van der Waals surface area (Å²) in [4.78, 5) is 32.3. The number of para-hydroxylation sites is 1. The van der Waals surface area contributed by atoms with E-state index in [1.54, 1.807) is 0 Å². The Kier molecular flexibility index (Phi) is 6.90. The molecule has 0 fully saturated rings. The van der Waals surface area contributed by atoms with Crippen LogP contribution >= 0.6 is 11.8 Å². The lowest BCUT2D eigenvalue weighted by molar-refractivity contribution is -0.113. The van der Waals surface area contributed by atoms with Crippen LogP contribution in [0.4, 0.5) is 5.69 Å². The van der Waals surface area contributed by atoms with E-state index in [1.165, 1.54) is 0 Å². The Morgan fingerprint density at radius 1 is 0.970 bits per heavy atom. The summed E-state index contributed by atoms with van der Waals surface area (Å²) in [7, 11) is 0. The molecule has 0 spiro atoms. The fourth-order valence-corrected chi connectivity index (χ4v) is 4.28. The van der Waals surface area contributed by atoms with E-state index in [0.29, 0.717) is 0 Å². The van der Waals surface area contributed by atoms with Gasteiger partial charge in [-0.05, 0) is 29.7 Å². The number of benzene rings is 3. The summed E-state index contributed by atoms with van der Waals surface area (Å²) < 4.78 is 0. The second-order valence-corrected chi connectivity index (χ2v) is 8.48. The topological polar surface area (TPSA) is 95.1 Å². The van der Waals surface area contributed by atoms with Crippen molar-refractivity contribution in [1.82, 2.24) is 9.97 Å². The van der Waals surface area contributed by atoms with Crippen molar-refractivity contribution in [3.8, 4) is 5.88 Å². The molecule has 0 aliphatic rings. The molecule has 7 heteroatoms. The van der Waals surface area contributed by atoms with Gasteiger partial charge < -0.3 is 15.4 Å². The highest BCUT2D eigenvalue weighted by atomic mass is 32.2. The molecule has 4 rings (SSSR count). The highest BCUT2D eigenvalue weighted by Crippen LogP contribution is 2.34. The first-order valence-electron chi connectivity index (χ1n) is 10.4. The molecule has 3 N–H and O–H groups in total. The first-order chi connectivity index (χ1) is 16.0. The number of nitrogens with one attached hydrogen (secondary N) is 2. The molecule has 0 saturated heterocycles. The van der Waals surface area contributed by atoms with Crippen molar-refractivity contribution in [1.29, 1.82) is 0 Å². The van der Waals surface area contributed by atoms with Crippen molar-refractivity contribution < 1.29 is 9.90 Å². The van der Waals surface area contributed by atoms with Crippen molar-refractivity contribution >= 4 is 23.4 Å². The number of aromatic amines is 1. The largest absolute Gasteiger partial charge is 0.493 e. The Labute approximate surface area is 195 Å². The van der Waals surface area contributed by atoms with Gasteiger partial charge in [0, 0.05) is 11.6 Å². The van der Waals surface area contributed by atoms with Crippen LogP contribution in [0.15, 0.2) is 94.9 Å². The molecular weight excluding hydrogens is 434 g/mol. The van der Waals surface area contributed by atoms with Gasteiger partial charge in [0.1, 0.15) is 0 Å². The molecule has 0 aliphatic heterocycles. The van der Waals surface area contributed by atoms with E-state index in [-0.39, 0.29) is 28.3 Å². The van der Waals surface area contributed by atoms with Gasteiger partial charge in [0.25, 0.3) is 5.56 Å². The zero-order valence-corrected chi connectivity index (χ0v) is 18.8. The van der Waals surface area contributed by atoms with Gasteiger partial charge in [-0.3, -0.25) is 9.59 Å². The summed E-state index contributed by atoms with van der Waals surface area (Å²) in [6.45, 7) is 1.91. The van der Waals surface area contributed by atoms with E-state index in [4.69, 9.17) is 0 Å². The standard InChI is InChI=1S/C26H23N3O3S/c1-17-10-8-9-15-20(17)27-21(30)16-33-26-28-24(31)23(25(32)29-26)22(18-11-4-2-5-12-18)19-13-6-3-7-14-19/h2-15,22H,16H2,1H3,(H,27,30)(H2,28,29,31,32). The molecule has 0 radical (unpaired) electrons. The lowest BCUT2D eigenvalue weighted by Crippen LogP contribution is -2.21. The van der Waals surface area contributed by atoms with Crippen molar-refractivity contribution in [2.45, 2.75) is 18.0 Å². The fraction of sp³-hybridized carbons (Fsp3) is 0.115. The summed E-state index contributed by atoms with van der Waals surface area (Å²) in [5.74, 6) is -1.02. The Bertz CT molecular complexity index is 1270. The van der Waals surface area contributed by atoms with E-state index < -0.39 is 11.5 Å². The fourth-order valence-electron chi connectivity index (χ4n) is 3.63. The molecule has 33 heavy (non-hydrogen) atoms. The quantitative estimate of drug-likeness (QED) is 0.276. The zero-order valence-electron chi connectivity index (χ0n) is 18.0. The number of hydrogen-bond donors (Lipinski definition) is 3. The van der Waals surface area contributed by atoms with Gasteiger partial charge in [-0.25, -0.2) is 0 Å². The maximum absolute atomic E-state index is 13.1. The predicted octanol–water partition coefficient (Wildman–Crippen LogP) is 4.69. The number of aromatic hydroxyl groups is 1. The Hall–Kier alpha value is -3.84. The zero-order chi connectivity index (χ0) is 23.2. The first-order valence-corrected chi connectivity index (χ1v) is 11.4. The minimum atomic E-state index is -0.480. The van der Waals surface area contributed by atoms with E-state index >= 15 is 0 Å². The Morgan fingerprint density at radius 3 is 2.12 bits per heavy atom. The number of rotatable bonds is 7. The predicted molar refractivity (Wildman–Crippen MR) is 131 cm³/mol. The third-order valence-electron chi connectivity index (χ3n) is 5.23. The Morgan fingerprint density at radius 2 is 1.55 bits per heavy atom. The molecule has 3 aromatic carbocycles. The minimum absolute atomic E-state index is 0.0386. The molecule has 1 aromatic heterocycles. The number of anilines is 1. The van der Waals surface area contributed by atoms with E-state index in [9.17, 15) is 14.7 Å². The highest BCUT2D eigenvalue weighted by Gasteiger charge is 2.25. The van der Waals surface area contributed by atoms with Crippen LogP contribution < -0.4 is 10.9 Å². The number of hydrogen-bond acceptors (Lipinski definition) is 5. The van der Waals surface area contributed by atoms with E-state index in [1.807, 2.05) is 91.9 Å². The van der Waals surface area contributed by atoms with Crippen LogP contribution in [0.3, 0.4) is 0 Å². The monoisotopic (exact) mass is 457 g/mol. The molecule has 1 heterocycles. The number of carbonyl (C=O) groups is 1. The van der Waals surface area contributed by atoms with Gasteiger partial charge in [-0.1, -0.05) is 90.6 Å². The maximum atomic E-state index is 13.1. The minimum Gasteiger partial charge on any atom is -0.493 e. The lowest BCUT2D eigenvalue weighted by Gasteiger charge is -2.18. The number of aryl methyl sites for hydroxylation is 1. The third kappa shape index (κ3) is 5.32. The van der Waals surface area contributed by atoms with E-state index in [0.717, 1.165) is 34.1 Å². The van der Waals surface area contributed by atoms with Crippen LogP contribution in [-0.2, 0) is 4.79 Å². The molecule has 6 nitrogen and oxygen atoms in total. The summed E-state index contributed by atoms with van der Waals surface area (Å²) in [5, 5.41) is 13.8. The second-order valence-electron chi connectivity index (χ2n) is 7.51. The van der Waals surface area contributed by atoms with E-state index in [2.05, 4.69) is 15.3 Å². The number of carbonyl (C=O) groups excluding carboxylic acids is 1. The van der Waals surface area contributed by atoms with Crippen LogP contribution in [0.1, 0.15) is 28.2 Å². The van der Waals surface area contributed by atoms with Crippen LogP contribution in [0, 0.1) is 6.92 Å². The molecule has 166 valence electrons. The molecule has 0 aliphatic carbocycles. The molecule has 0 saturated carbocycles. The number of H-pyrrole nitrogens is 1. The summed E-state index contributed by atoms with van der Waals surface area (Å²) >= 11 is 1.06. The summed E-state index contributed by atoms with van der Waals surface area (Å²) in [5.41, 5.74) is 3.14. The number of aromatic nitrogens is 2. The van der Waals surface area contributed by atoms with Crippen LogP contribution in [0.2, 0.25) is 0 Å². The van der Waals surface area contributed by atoms with Crippen molar-refractivity contribution in [3.05, 3.63) is 118 Å². The van der Waals surface area contributed by atoms with Gasteiger partial charge in [-0.15, -0.1) is 0 Å². The van der Waals surface area contributed by atoms with Crippen LogP contribution in [0.25, 0.3) is 0 Å². The average Bonchev–Trinajstić information content (AvgIpc) is 2.82. The smallest absolute Gasteiger partial charge is 0.259 e. The SMILES string of the molecule is Cc1ccccc1NC(=O)CSc1nc(O)c(C(c2ccccc2)c2ccccc2)c(=O)[nH]1. The summed E-state index contributed by atoms with van der Waals surface area (Å²) in [6.07, 6.45) is 0. The Balaban J connectivity index is 1.58. The molecule has 1 amide bonds. The number of amides is 1. The normalized spacial score (nSPS) is 10.8. The van der Waals surface area contributed by atoms with Crippen molar-refractivity contribution in [2.75, 3.05) is 11.1 Å². The lowest BCUT2D eigenvalue weighted by atomic mass is 9.86. The number of nitrogens with zero attached hydrogens (tertiary/aromatic N) is 1. The van der Waals surface area contributed by atoms with Crippen LogP contribution in [-0.4, -0.2) is 26.7 Å². The van der Waals surface area contributed by atoms with Gasteiger partial charge in [0.15, 0.2) is 5.16 Å². The molecule has 0 unspecified atom stereocenters.